The number of ether oxygens (including phenoxy) is 2. The lowest BCUT2D eigenvalue weighted by molar-refractivity contribution is 0.0943. The Balaban J connectivity index is 1.75. The fourth-order valence-corrected chi connectivity index (χ4v) is 3.20. The van der Waals surface area contributed by atoms with Gasteiger partial charge in [-0.25, -0.2) is 4.98 Å². The quantitative estimate of drug-likeness (QED) is 0.723. The third kappa shape index (κ3) is 3.66. The molecule has 0 spiro atoms. The van der Waals surface area contributed by atoms with Gasteiger partial charge in [0.2, 0.25) is 0 Å². The van der Waals surface area contributed by atoms with Crippen LogP contribution < -0.4 is 14.8 Å². The van der Waals surface area contributed by atoms with Crippen molar-refractivity contribution in [1.29, 1.82) is 0 Å². The zero-order chi connectivity index (χ0) is 17.8. The number of carbonyl (C=O) groups excluding carboxylic acids is 1. The van der Waals surface area contributed by atoms with Gasteiger partial charge < -0.3 is 19.2 Å². The van der Waals surface area contributed by atoms with Crippen molar-refractivity contribution in [2.45, 2.75) is 13.0 Å². The third-order valence-electron chi connectivity index (χ3n) is 3.72. The molecule has 0 bridgehead atoms. The van der Waals surface area contributed by atoms with Crippen LogP contribution in [0.5, 0.6) is 11.5 Å². The molecule has 1 N–H and O–H groups in total. The molecule has 0 aliphatic rings. The van der Waals surface area contributed by atoms with Crippen LogP contribution in [-0.2, 0) is 0 Å². The zero-order valence-corrected chi connectivity index (χ0v) is 14.9. The van der Waals surface area contributed by atoms with Crippen molar-refractivity contribution in [3.8, 4) is 22.3 Å². The van der Waals surface area contributed by atoms with Gasteiger partial charge >= 0.3 is 0 Å². The van der Waals surface area contributed by atoms with E-state index in [0.717, 1.165) is 5.56 Å². The Morgan fingerprint density at radius 3 is 2.80 bits per heavy atom. The van der Waals surface area contributed by atoms with E-state index < -0.39 is 0 Å². The van der Waals surface area contributed by atoms with Crippen molar-refractivity contribution in [3.63, 3.8) is 0 Å². The summed E-state index contributed by atoms with van der Waals surface area (Å²) in [6.45, 7) is 1.90. The highest BCUT2D eigenvalue weighted by molar-refractivity contribution is 7.16. The lowest BCUT2D eigenvalue weighted by Gasteiger charge is -2.17. The van der Waals surface area contributed by atoms with Crippen molar-refractivity contribution < 1.29 is 18.7 Å². The van der Waals surface area contributed by atoms with E-state index in [2.05, 4.69) is 10.3 Å². The van der Waals surface area contributed by atoms with Crippen LogP contribution in [0.4, 0.5) is 0 Å². The Morgan fingerprint density at radius 2 is 2.12 bits per heavy atom. The van der Waals surface area contributed by atoms with Crippen LogP contribution in [0.1, 0.15) is 28.2 Å². The summed E-state index contributed by atoms with van der Waals surface area (Å²) in [6.07, 6.45) is 3.13. The number of rotatable bonds is 6. The van der Waals surface area contributed by atoms with Crippen LogP contribution in [0.3, 0.4) is 0 Å². The van der Waals surface area contributed by atoms with Gasteiger partial charge in [0, 0.05) is 11.6 Å². The summed E-state index contributed by atoms with van der Waals surface area (Å²) in [5.41, 5.74) is 0.868. The maximum Gasteiger partial charge on any atom is 0.263 e. The molecule has 0 saturated heterocycles. The van der Waals surface area contributed by atoms with Gasteiger partial charge in [-0.05, 0) is 31.2 Å². The average molecular weight is 358 g/mol. The van der Waals surface area contributed by atoms with Gasteiger partial charge in [0.1, 0.15) is 16.4 Å². The molecule has 2 heterocycles. The Kier molecular flexibility index (Phi) is 5.04. The average Bonchev–Trinajstić information content (AvgIpc) is 3.32. The van der Waals surface area contributed by atoms with E-state index in [1.807, 2.05) is 25.1 Å². The number of amides is 1. The molecular weight excluding hydrogens is 340 g/mol. The molecule has 1 unspecified atom stereocenters. The van der Waals surface area contributed by atoms with Crippen LogP contribution in [-0.4, -0.2) is 25.1 Å². The Bertz CT molecular complexity index is 858. The van der Waals surface area contributed by atoms with Gasteiger partial charge in [-0.3, -0.25) is 4.79 Å². The standard InChI is InChI=1S/C18H18N2O4S/c1-11(13-7-6-12(22-2)9-15(13)23-3)20-17(21)16-10-19-18(25-16)14-5-4-8-24-14/h4-11H,1-3H3,(H,20,21). The second-order valence-corrected chi connectivity index (χ2v) is 6.34. The number of hydrogen-bond donors (Lipinski definition) is 1. The number of carbonyl (C=O) groups is 1. The molecule has 0 radical (unpaired) electrons. The van der Waals surface area contributed by atoms with E-state index in [1.54, 1.807) is 38.8 Å². The predicted molar refractivity (Wildman–Crippen MR) is 95.2 cm³/mol. The molecule has 6 nitrogen and oxygen atoms in total. The van der Waals surface area contributed by atoms with E-state index in [-0.39, 0.29) is 11.9 Å². The first-order valence-corrected chi connectivity index (χ1v) is 8.46. The summed E-state index contributed by atoms with van der Waals surface area (Å²) in [5, 5.41) is 3.63. The lowest BCUT2D eigenvalue weighted by Crippen LogP contribution is -2.26. The first-order valence-electron chi connectivity index (χ1n) is 7.65. The summed E-state index contributed by atoms with van der Waals surface area (Å²) < 4.78 is 15.9. The molecule has 7 heteroatoms. The zero-order valence-electron chi connectivity index (χ0n) is 14.1. The molecule has 0 fully saturated rings. The minimum absolute atomic E-state index is 0.194. The van der Waals surface area contributed by atoms with E-state index in [4.69, 9.17) is 13.9 Å². The van der Waals surface area contributed by atoms with Crippen LogP contribution in [0.2, 0.25) is 0 Å². The van der Waals surface area contributed by atoms with Gasteiger partial charge in [-0.2, -0.15) is 0 Å². The Labute approximate surface area is 149 Å². The largest absolute Gasteiger partial charge is 0.497 e. The fraction of sp³-hybridized carbons (Fsp3) is 0.222. The number of thiazole rings is 1. The highest BCUT2D eigenvalue weighted by Gasteiger charge is 2.18. The second kappa shape index (κ2) is 7.40. The molecule has 2 aromatic heterocycles. The summed E-state index contributed by atoms with van der Waals surface area (Å²) in [7, 11) is 3.19. The van der Waals surface area contributed by atoms with E-state index >= 15 is 0 Å². The van der Waals surface area contributed by atoms with Crippen molar-refractivity contribution in [3.05, 3.63) is 53.2 Å². The van der Waals surface area contributed by atoms with Crippen molar-refractivity contribution in [2.75, 3.05) is 14.2 Å². The molecule has 1 atom stereocenters. The molecule has 0 aliphatic carbocycles. The predicted octanol–water partition coefficient (Wildman–Crippen LogP) is 3.91. The summed E-state index contributed by atoms with van der Waals surface area (Å²) in [5.74, 6) is 1.81. The first kappa shape index (κ1) is 17.0. The molecule has 0 saturated carbocycles. The van der Waals surface area contributed by atoms with E-state index in [0.29, 0.717) is 27.1 Å². The maximum absolute atomic E-state index is 12.5. The van der Waals surface area contributed by atoms with Crippen molar-refractivity contribution in [2.24, 2.45) is 0 Å². The molecule has 3 aromatic rings. The van der Waals surface area contributed by atoms with Crippen LogP contribution in [0.25, 0.3) is 10.8 Å². The number of benzene rings is 1. The highest BCUT2D eigenvalue weighted by atomic mass is 32.1. The fourth-order valence-electron chi connectivity index (χ4n) is 2.41. The minimum atomic E-state index is -0.234. The number of aromatic nitrogens is 1. The van der Waals surface area contributed by atoms with Gasteiger partial charge in [-0.1, -0.05) is 0 Å². The lowest BCUT2D eigenvalue weighted by atomic mass is 10.1. The van der Waals surface area contributed by atoms with E-state index in [9.17, 15) is 4.79 Å². The van der Waals surface area contributed by atoms with Crippen molar-refractivity contribution >= 4 is 17.2 Å². The van der Waals surface area contributed by atoms with Gasteiger partial charge in [-0.15, -0.1) is 11.3 Å². The second-order valence-electron chi connectivity index (χ2n) is 5.31. The van der Waals surface area contributed by atoms with Crippen molar-refractivity contribution in [1.82, 2.24) is 10.3 Å². The minimum Gasteiger partial charge on any atom is -0.497 e. The number of methoxy groups -OCH3 is 2. The van der Waals surface area contributed by atoms with Gasteiger partial charge in [0.05, 0.1) is 32.7 Å². The SMILES string of the molecule is COc1ccc(C(C)NC(=O)c2cnc(-c3ccco3)s2)c(OC)c1. The molecule has 25 heavy (non-hydrogen) atoms. The summed E-state index contributed by atoms with van der Waals surface area (Å²) in [4.78, 5) is 17.3. The molecule has 1 amide bonds. The monoisotopic (exact) mass is 358 g/mol. The number of hydrogen-bond acceptors (Lipinski definition) is 6. The Hall–Kier alpha value is -2.80. The number of nitrogens with one attached hydrogen (secondary N) is 1. The topological polar surface area (TPSA) is 73.6 Å². The third-order valence-corrected chi connectivity index (χ3v) is 4.73. The highest BCUT2D eigenvalue weighted by Crippen LogP contribution is 2.30. The van der Waals surface area contributed by atoms with Crippen LogP contribution in [0, 0.1) is 0 Å². The smallest absolute Gasteiger partial charge is 0.263 e. The van der Waals surface area contributed by atoms with Gasteiger partial charge in [0.25, 0.3) is 5.91 Å². The molecule has 130 valence electrons. The molecule has 0 aliphatic heterocycles. The summed E-state index contributed by atoms with van der Waals surface area (Å²) >= 11 is 1.28. The molecule has 1 aromatic carbocycles. The first-order chi connectivity index (χ1) is 12.1. The normalized spacial score (nSPS) is 11.8. The summed E-state index contributed by atoms with van der Waals surface area (Å²) in [6, 6.07) is 8.87. The molecular formula is C18H18N2O4S. The van der Waals surface area contributed by atoms with Gasteiger partial charge in [0.15, 0.2) is 10.8 Å². The maximum atomic E-state index is 12.5. The molecule has 3 rings (SSSR count). The number of nitrogens with zero attached hydrogens (tertiary/aromatic N) is 1. The Morgan fingerprint density at radius 1 is 1.28 bits per heavy atom. The van der Waals surface area contributed by atoms with Crippen LogP contribution in [0.15, 0.2) is 47.2 Å². The van der Waals surface area contributed by atoms with E-state index in [1.165, 1.54) is 11.3 Å². The number of furan rings is 1. The van der Waals surface area contributed by atoms with Crippen LogP contribution >= 0.6 is 11.3 Å².